The molecule has 1 saturated heterocycles. The van der Waals surface area contributed by atoms with Gasteiger partial charge in [0.2, 0.25) is 5.91 Å². The molecule has 0 bridgehead atoms. The van der Waals surface area contributed by atoms with E-state index in [9.17, 15) is 14.0 Å². The van der Waals surface area contributed by atoms with Gasteiger partial charge in [-0.1, -0.05) is 12.1 Å². The van der Waals surface area contributed by atoms with Crippen LogP contribution in [-0.4, -0.2) is 36.9 Å². The van der Waals surface area contributed by atoms with Gasteiger partial charge < -0.3 is 15.0 Å². The Bertz CT molecular complexity index is 784. The molecule has 0 radical (unpaired) electrons. The number of ether oxygens (including phenoxy) is 1. The maximum absolute atomic E-state index is 12.9. The lowest BCUT2D eigenvalue weighted by Crippen LogP contribution is -2.41. The van der Waals surface area contributed by atoms with Crippen molar-refractivity contribution in [3.63, 3.8) is 0 Å². The first-order valence-electron chi connectivity index (χ1n) is 8.57. The molecule has 0 saturated carbocycles. The Hall–Kier alpha value is -2.89. The van der Waals surface area contributed by atoms with Gasteiger partial charge in [0, 0.05) is 24.7 Å². The fourth-order valence-corrected chi connectivity index (χ4v) is 3.11. The highest BCUT2D eigenvalue weighted by Crippen LogP contribution is 2.24. The molecule has 5 nitrogen and oxygen atoms in total. The number of carbonyl (C=O) groups is 2. The lowest BCUT2D eigenvalue weighted by molar-refractivity contribution is -0.121. The third kappa shape index (κ3) is 4.02. The number of rotatable bonds is 4. The summed E-state index contributed by atoms with van der Waals surface area (Å²) in [6.45, 7) is 1.02. The van der Waals surface area contributed by atoms with Crippen molar-refractivity contribution in [3.8, 4) is 5.75 Å². The van der Waals surface area contributed by atoms with Gasteiger partial charge in [-0.05, 0) is 49.2 Å². The van der Waals surface area contributed by atoms with Crippen molar-refractivity contribution in [2.24, 2.45) is 5.92 Å². The smallest absolute Gasteiger partial charge is 0.257 e. The van der Waals surface area contributed by atoms with E-state index in [2.05, 4.69) is 5.32 Å². The quantitative estimate of drug-likeness (QED) is 0.914. The second-order valence-electron chi connectivity index (χ2n) is 6.26. The molecule has 0 aliphatic carbocycles. The highest BCUT2D eigenvalue weighted by Gasteiger charge is 2.28. The molecule has 6 heteroatoms. The molecule has 26 heavy (non-hydrogen) atoms. The molecule has 2 aromatic rings. The third-order valence-electron chi connectivity index (χ3n) is 4.60. The molecule has 1 N–H and O–H groups in total. The van der Waals surface area contributed by atoms with Gasteiger partial charge in [0.05, 0.1) is 12.7 Å². The summed E-state index contributed by atoms with van der Waals surface area (Å²) in [6, 6.07) is 12.8. The summed E-state index contributed by atoms with van der Waals surface area (Å²) in [7, 11) is 1.54. The Balaban J connectivity index is 1.57. The molecule has 1 fully saturated rings. The van der Waals surface area contributed by atoms with Crippen molar-refractivity contribution >= 4 is 17.5 Å². The largest absolute Gasteiger partial charge is 0.496 e. The topological polar surface area (TPSA) is 58.6 Å². The molecule has 0 spiro atoms. The Kier molecular flexibility index (Phi) is 5.51. The molecule has 3 rings (SSSR count). The lowest BCUT2D eigenvalue weighted by Gasteiger charge is -2.31. The maximum Gasteiger partial charge on any atom is 0.257 e. The molecule has 0 aromatic heterocycles. The van der Waals surface area contributed by atoms with Crippen LogP contribution in [0.2, 0.25) is 0 Å². The van der Waals surface area contributed by atoms with Crippen LogP contribution in [0.5, 0.6) is 5.75 Å². The minimum Gasteiger partial charge on any atom is -0.496 e. The first-order chi connectivity index (χ1) is 12.6. The van der Waals surface area contributed by atoms with Crippen LogP contribution < -0.4 is 10.1 Å². The molecule has 2 aromatic carbocycles. The third-order valence-corrected chi connectivity index (χ3v) is 4.60. The van der Waals surface area contributed by atoms with Crippen LogP contribution in [0.25, 0.3) is 0 Å². The number of anilines is 1. The molecule has 1 aliphatic heterocycles. The summed E-state index contributed by atoms with van der Waals surface area (Å²) in [4.78, 5) is 26.8. The number of benzene rings is 2. The van der Waals surface area contributed by atoms with Gasteiger partial charge >= 0.3 is 0 Å². The molecule has 1 heterocycles. The van der Waals surface area contributed by atoms with Crippen molar-refractivity contribution in [1.29, 1.82) is 0 Å². The Morgan fingerprint density at radius 2 is 1.73 bits per heavy atom. The van der Waals surface area contributed by atoms with E-state index in [0.717, 1.165) is 0 Å². The van der Waals surface area contributed by atoms with Gasteiger partial charge in [0.1, 0.15) is 11.6 Å². The average molecular weight is 356 g/mol. The molecule has 2 amide bonds. The molecular formula is C20H21FN2O3. The molecule has 0 atom stereocenters. The van der Waals surface area contributed by atoms with Crippen LogP contribution in [0.3, 0.4) is 0 Å². The second kappa shape index (κ2) is 7.99. The second-order valence-corrected chi connectivity index (χ2v) is 6.26. The van der Waals surface area contributed by atoms with E-state index < -0.39 is 0 Å². The zero-order chi connectivity index (χ0) is 18.5. The average Bonchev–Trinajstić information content (AvgIpc) is 2.69. The number of likely N-dealkylation sites (tertiary alicyclic amines) is 1. The van der Waals surface area contributed by atoms with E-state index in [1.54, 1.807) is 23.1 Å². The van der Waals surface area contributed by atoms with Crippen molar-refractivity contribution in [1.82, 2.24) is 4.90 Å². The van der Waals surface area contributed by atoms with Crippen LogP contribution in [0.1, 0.15) is 23.2 Å². The van der Waals surface area contributed by atoms with Crippen molar-refractivity contribution in [2.75, 3.05) is 25.5 Å². The number of nitrogens with one attached hydrogen (secondary N) is 1. The fraction of sp³-hybridized carbons (Fsp3) is 0.300. The summed E-state index contributed by atoms with van der Waals surface area (Å²) < 4.78 is 18.2. The Morgan fingerprint density at radius 1 is 1.08 bits per heavy atom. The Labute approximate surface area is 151 Å². The standard InChI is InChI=1S/C20H21FN2O3/c1-26-18-5-3-2-4-17(18)20(25)23-12-10-14(11-13-23)19(24)22-16-8-6-15(21)7-9-16/h2-9,14H,10-13H2,1H3,(H,22,24). The minimum atomic E-state index is -0.342. The number of hydrogen-bond donors (Lipinski definition) is 1. The van der Waals surface area contributed by atoms with Crippen molar-refractivity contribution in [2.45, 2.75) is 12.8 Å². The van der Waals surface area contributed by atoms with E-state index in [4.69, 9.17) is 4.74 Å². The van der Waals surface area contributed by atoms with Crippen LogP contribution in [0.4, 0.5) is 10.1 Å². The number of nitrogens with zero attached hydrogens (tertiary/aromatic N) is 1. The van der Waals surface area contributed by atoms with E-state index in [1.807, 2.05) is 6.07 Å². The van der Waals surface area contributed by atoms with E-state index >= 15 is 0 Å². The molecule has 136 valence electrons. The van der Waals surface area contributed by atoms with Gasteiger partial charge in [-0.15, -0.1) is 0 Å². The number of halogens is 1. The van der Waals surface area contributed by atoms with Gasteiger partial charge in [0.15, 0.2) is 0 Å². The fourth-order valence-electron chi connectivity index (χ4n) is 3.11. The van der Waals surface area contributed by atoms with Gasteiger partial charge in [-0.3, -0.25) is 9.59 Å². The number of methoxy groups -OCH3 is 1. The summed E-state index contributed by atoms with van der Waals surface area (Å²) in [5.74, 6) is -0.137. The summed E-state index contributed by atoms with van der Waals surface area (Å²) in [5, 5.41) is 2.80. The van der Waals surface area contributed by atoms with Crippen LogP contribution in [-0.2, 0) is 4.79 Å². The summed E-state index contributed by atoms with van der Waals surface area (Å²) >= 11 is 0. The van der Waals surface area contributed by atoms with Gasteiger partial charge in [-0.25, -0.2) is 4.39 Å². The summed E-state index contributed by atoms with van der Waals surface area (Å²) in [6.07, 6.45) is 1.18. The van der Waals surface area contributed by atoms with Crippen LogP contribution >= 0.6 is 0 Å². The first-order valence-corrected chi connectivity index (χ1v) is 8.57. The van der Waals surface area contributed by atoms with Crippen molar-refractivity contribution < 1.29 is 18.7 Å². The van der Waals surface area contributed by atoms with Crippen LogP contribution in [0, 0.1) is 11.7 Å². The number of carbonyl (C=O) groups excluding carboxylic acids is 2. The van der Waals surface area contributed by atoms with Gasteiger partial charge in [-0.2, -0.15) is 0 Å². The minimum absolute atomic E-state index is 0.0835. The predicted octanol–water partition coefficient (Wildman–Crippen LogP) is 3.33. The van der Waals surface area contributed by atoms with Crippen LogP contribution in [0.15, 0.2) is 48.5 Å². The van der Waals surface area contributed by atoms with E-state index in [0.29, 0.717) is 42.9 Å². The Morgan fingerprint density at radius 3 is 2.38 bits per heavy atom. The normalized spacial score (nSPS) is 14.8. The SMILES string of the molecule is COc1ccccc1C(=O)N1CCC(C(=O)Nc2ccc(F)cc2)CC1. The highest BCUT2D eigenvalue weighted by atomic mass is 19.1. The summed E-state index contributed by atoms with van der Waals surface area (Å²) in [5.41, 5.74) is 1.10. The first kappa shape index (κ1) is 17.9. The lowest BCUT2D eigenvalue weighted by atomic mass is 9.95. The van der Waals surface area contributed by atoms with Crippen molar-refractivity contribution in [3.05, 3.63) is 59.9 Å². The molecule has 1 aliphatic rings. The molecular weight excluding hydrogens is 335 g/mol. The zero-order valence-electron chi connectivity index (χ0n) is 14.6. The number of amides is 2. The number of para-hydroxylation sites is 1. The highest BCUT2D eigenvalue weighted by molar-refractivity contribution is 5.97. The number of piperidine rings is 1. The molecule has 0 unspecified atom stereocenters. The van der Waals surface area contributed by atoms with E-state index in [1.165, 1.54) is 31.4 Å². The van der Waals surface area contributed by atoms with Gasteiger partial charge in [0.25, 0.3) is 5.91 Å². The predicted molar refractivity (Wildman–Crippen MR) is 96.7 cm³/mol. The van der Waals surface area contributed by atoms with E-state index in [-0.39, 0.29) is 23.5 Å². The zero-order valence-corrected chi connectivity index (χ0v) is 14.6. The number of hydrogen-bond acceptors (Lipinski definition) is 3. The monoisotopic (exact) mass is 356 g/mol. The maximum atomic E-state index is 12.9.